The van der Waals surface area contributed by atoms with Crippen molar-refractivity contribution in [1.29, 1.82) is 0 Å². The molecular weight excluding hydrogens is 288 g/mol. The van der Waals surface area contributed by atoms with Gasteiger partial charge in [-0.25, -0.2) is 0 Å². The molecule has 1 amide bonds. The Bertz CT molecular complexity index is 663. The minimum absolute atomic E-state index is 0.240. The summed E-state index contributed by atoms with van der Waals surface area (Å²) in [6.45, 7) is 1.96. The third-order valence-electron chi connectivity index (χ3n) is 4.25. The molecule has 0 bridgehead atoms. The lowest BCUT2D eigenvalue weighted by atomic mass is 9.95. The fourth-order valence-electron chi connectivity index (χ4n) is 2.89. The van der Waals surface area contributed by atoms with Gasteiger partial charge in [-0.2, -0.15) is 0 Å². The molecule has 5 heteroatoms. The minimum atomic E-state index is -0.240. The fourth-order valence-corrected chi connectivity index (χ4v) is 2.89. The lowest BCUT2D eigenvalue weighted by Crippen LogP contribution is -2.23. The number of nitrogens with zero attached hydrogens (tertiary/aromatic N) is 2. The van der Waals surface area contributed by atoms with E-state index in [1.165, 1.54) is 32.1 Å². The van der Waals surface area contributed by atoms with E-state index in [4.69, 9.17) is 0 Å². The zero-order valence-electron chi connectivity index (χ0n) is 13.4. The van der Waals surface area contributed by atoms with E-state index < -0.39 is 0 Å². The maximum Gasteiger partial charge on any atom is 0.276 e. The summed E-state index contributed by atoms with van der Waals surface area (Å²) in [6.07, 6.45) is 6.21. The van der Waals surface area contributed by atoms with Crippen LogP contribution in [0.1, 0.15) is 48.2 Å². The highest BCUT2D eigenvalue weighted by atomic mass is 16.1. The van der Waals surface area contributed by atoms with E-state index in [1.807, 2.05) is 37.3 Å². The van der Waals surface area contributed by atoms with E-state index in [2.05, 4.69) is 20.8 Å². The zero-order chi connectivity index (χ0) is 16.1. The Kier molecular flexibility index (Phi) is 4.86. The number of amides is 1. The summed E-state index contributed by atoms with van der Waals surface area (Å²) < 4.78 is 0. The number of hydrogen-bond donors (Lipinski definition) is 2. The van der Waals surface area contributed by atoms with Crippen LogP contribution in [0.3, 0.4) is 0 Å². The molecule has 1 aliphatic carbocycles. The molecule has 2 aromatic rings. The monoisotopic (exact) mass is 310 g/mol. The third-order valence-corrected chi connectivity index (χ3v) is 4.25. The van der Waals surface area contributed by atoms with Crippen LogP contribution in [0.25, 0.3) is 0 Å². The number of rotatable bonds is 4. The van der Waals surface area contributed by atoms with Gasteiger partial charge < -0.3 is 10.6 Å². The molecule has 0 saturated heterocycles. The van der Waals surface area contributed by atoms with Crippen LogP contribution in [-0.4, -0.2) is 22.1 Å². The highest BCUT2D eigenvalue weighted by Gasteiger charge is 2.14. The topological polar surface area (TPSA) is 66.9 Å². The predicted molar refractivity (Wildman–Crippen MR) is 91.7 cm³/mol. The van der Waals surface area contributed by atoms with Crippen molar-refractivity contribution < 1.29 is 4.79 Å². The lowest BCUT2D eigenvalue weighted by Gasteiger charge is -2.22. The highest BCUT2D eigenvalue weighted by molar-refractivity contribution is 6.03. The molecule has 1 saturated carbocycles. The minimum Gasteiger partial charge on any atom is -0.366 e. The zero-order valence-corrected chi connectivity index (χ0v) is 13.4. The number of carbonyl (C=O) groups is 1. The molecule has 0 unspecified atom stereocenters. The number of carbonyl (C=O) groups excluding carboxylic acids is 1. The van der Waals surface area contributed by atoms with Gasteiger partial charge in [0.25, 0.3) is 5.91 Å². The van der Waals surface area contributed by atoms with Crippen molar-refractivity contribution in [1.82, 2.24) is 10.2 Å². The van der Waals surface area contributed by atoms with Crippen molar-refractivity contribution in [2.75, 3.05) is 10.6 Å². The Morgan fingerprint density at radius 3 is 2.52 bits per heavy atom. The molecular formula is C18H22N4O. The van der Waals surface area contributed by atoms with Gasteiger partial charge in [0.15, 0.2) is 5.69 Å². The van der Waals surface area contributed by atoms with Gasteiger partial charge in [0.2, 0.25) is 0 Å². The van der Waals surface area contributed by atoms with Crippen LogP contribution in [0, 0.1) is 6.92 Å². The van der Waals surface area contributed by atoms with Crippen LogP contribution in [-0.2, 0) is 0 Å². The third kappa shape index (κ3) is 4.06. The molecule has 0 atom stereocenters. The summed E-state index contributed by atoms with van der Waals surface area (Å²) in [7, 11) is 0. The first-order valence-corrected chi connectivity index (χ1v) is 8.19. The van der Waals surface area contributed by atoms with Gasteiger partial charge in [0.1, 0.15) is 5.82 Å². The van der Waals surface area contributed by atoms with Gasteiger partial charge in [-0.05, 0) is 43.5 Å². The summed E-state index contributed by atoms with van der Waals surface area (Å²) in [6, 6.07) is 11.7. The molecule has 1 aliphatic rings. The first-order valence-electron chi connectivity index (χ1n) is 8.19. The van der Waals surface area contributed by atoms with E-state index in [0.29, 0.717) is 11.7 Å². The molecule has 0 radical (unpaired) electrons. The second-order valence-corrected chi connectivity index (χ2v) is 6.05. The predicted octanol–water partition coefficient (Wildman–Crippen LogP) is 3.78. The van der Waals surface area contributed by atoms with Crippen LogP contribution in [0.5, 0.6) is 0 Å². The molecule has 0 spiro atoms. The van der Waals surface area contributed by atoms with E-state index in [1.54, 1.807) is 6.07 Å². The normalized spacial score (nSPS) is 15.2. The van der Waals surface area contributed by atoms with Crippen molar-refractivity contribution in [2.45, 2.75) is 45.1 Å². The molecule has 120 valence electrons. The largest absolute Gasteiger partial charge is 0.366 e. The van der Waals surface area contributed by atoms with Crippen molar-refractivity contribution in [3.63, 3.8) is 0 Å². The second kappa shape index (κ2) is 7.22. The molecule has 0 aliphatic heterocycles. The smallest absolute Gasteiger partial charge is 0.276 e. The number of aryl methyl sites for hydroxylation is 1. The Morgan fingerprint density at radius 1 is 1.04 bits per heavy atom. The summed E-state index contributed by atoms with van der Waals surface area (Å²) in [4.78, 5) is 12.2. The Morgan fingerprint density at radius 2 is 1.83 bits per heavy atom. The van der Waals surface area contributed by atoms with E-state index in [-0.39, 0.29) is 5.91 Å². The average Bonchev–Trinajstić information content (AvgIpc) is 2.58. The first kappa shape index (κ1) is 15.5. The molecule has 3 rings (SSSR count). The maximum atomic E-state index is 12.2. The molecule has 1 fully saturated rings. The average molecular weight is 310 g/mol. The van der Waals surface area contributed by atoms with Crippen molar-refractivity contribution in [2.24, 2.45) is 0 Å². The SMILES string of the molecule is Cc1ccccc1NC(=O)c1ccc(NC2CCCCC2)nn1. The standard InChI is InChI=1S/C18H22N4O/c1-13-7-5-6-10-15(13)20-18(23)16-11-12-17(22-21-16)19-14-8-3-2-4-9-14/h5-7,10-12,14H,2-4,8-9H2,1H3,(H,19,22)(H,20,23). The van der Waals surface area contributed by atoms with Crippen molar-refractivity contribution >= 4 is 17.4 Å². The molecule has 5 nitrogen and oxygen atoms in total. The first-order chi connectivity index (χ1) is 11.2. The van der Waals surface area contributed by atoms with Gasteiger partial charge >= 0.3 is 0 Å². The van der Waals surface area contributed by atoms with Crippen LogP contribution >= 0.6 is 0 Å². The number of anilines is 2. The molecule has 23 heavy (non-hydrogen) atoms. The van der Waals surface area contributed by atoms with Crippen LogP contribution in [0.4, 0.5) is 11.5 Å². The van der Waals surface area contributed by atoms with Gasteiger partial charge in [0.05, 0.1) is 0 Å². The van der Waals surface area contributed by atoms with E-state index >= 15 is 0 Å². The maximum absolute atomic E-state index is 12.2. The number of para-hydroxylation sites is 1. The molecule has 1 aromatic carbocycles. The van der Waals surface area contributed by atoms with Crippen LogP contribution < -0.4 is 10.6 Å². The van der Waals surface area contributed by atoms with E-state index in [9.17, 15) is 4.79 Å². The summed E-state index contributed by atoms with van der Waals surface area (Å²) in [5.74, 6) is 0.500. The number of nitrogens with one attached hydrogen (secondary N) is 2. The highest BCUT2D eigenvalue weighted by Crippen LogP contribution is 2.20. The van der Waals surface area contributed by atoms with Crippen molar-refractivity contribution in [3.8, 4) is 0 Å². The van der Waals surface area contributed by atoms with E-state index in [0.717, 1.165) is 17.1 Å². The van der Waals surface area contributed by atoms with Crippen LogP contribution in [0.2, 0.25) is 0 Å². The quantitative estimate of drug-likeness (QED) is 0.902. The Hall–Kier alpha value is -2.43. The van der Waals surface area contributed by atoms with Gasteiger partial charge in [-0.3, -0.25) is 4.79 Å². The van der Waals surface area contributed by atoms with Gasteiger partial charge in [-0.15, -0.1) is 10.2 Å². The number of benzene rings is 1. The summed E-state index contributed by atoms with van der Waals surface area (Å²) in [5.41, 5.74) is 2.13. The fraction of sp³-hybridized carbons (Fsp3) is 0.389. The lowest BCUT2D eigenvalue weighted by molar-refractivity contribution is 0.102. The Balaban J connectivity index is 1.62. The molecule has 2 N–H and O–H groups in total. The van der Waals surface area contributed by atoms with Gasteiger partial charge in [0, 0.05) is 11.7 Å². The molecule has 1 heterocycles. The van der Waals surface area contributed by atoms with Crippen LogP contribution in [0.15, 0.2) is 36.4 Å². The summed E-state index contributed by atoms with van der Waals surface area (Å²) in [5, 5.41) is 14.4. The number of aromatic nitrogens is 2. The molecule has 1 aromatic heterocycles. The Labute approximate surface area is 136 Å². The number of hydrogen-bond acceptors (Lipinski definition) is 4. The van der Waals surface area contributed by atoms with Crippen molar-refractivity contribution in [3.05, 3.63) is 47.7 Å². The summed E-state index contributed by atoms with van der Waals surface area (Å²) >= 11 is 0. The van der Waals surface area contributed by atoms with Gasteiger partial charge in [-0.1, -0.05) is 37.5 Å². The second-order valence-electron chi connectivity index (χ2n) is 6.05.